The molecule has 0 aliphatic heterocycles. The van der Waals surface area contributed by atoms with E-state index in [2.05, 4.69) is 38.2 Å². The van der Waals surface area contributed by atoms with E-state index in [-0.39, 0.29) is 24.9 Å². The number of aliphatic hydroxyl groups is 2. The second-order valence-electron chi connectivity index (χ2n) is 19.0. The normalized spacial score (nSPS) is 13.2. The van der Waals surface area contributed by atoms with Crippen LogP contribution in [-0.2, 0) is 14.3 Å². The quantitative estimate of drug-likeness (QED) is 0.0322. The van der Waals surface area contributed by atoms with Gasteiger partial charge in [0.25, 0.3) is 0 Å². The van der Waals surface area contributed by atoms with E-state index in [1.54, 1.807) is 0 Å². The molecule has 0 radical (unpaired) electrons. The Bertz CT molecular complexity index is 924. The maximum atomic E-state index is 13.2. The van der Waals surface area contributed by atoms with Gasteiger partial charge in [-0.3, -0.25) is 9.59 Å². The summed E-state index contributed by atoms with van der Waals surface area (Å²) in [6, 6.07) is -0.703. The maximum Gasteiger partial charge on any atom is 0.306 e. The minimum atomic E-state index is -0.788. The number of rotatable bonds is 50. The number of hydrogen-bond acceptors (Lipinski definition) is 5. The van der Waals surface area contributed by atoms with Gasteiger partial charge < -0.3 is 20.3 Å². The third kappa shape index (κ3) is 45.0. The van der Waals surface area contributed by atoms with Crippen LogP contribution >= 0.6 is 0 Å². The van der Waals surface area contributed by atoms with Gasteiger partial charge in [0.15, 0.2) is 0 Å². The molecular formula is C55H107NO5. The van der Waals surface area contributed by atoms with Gasteiger partial charge in [-0.25, -0.2) is 0 Å². The Morgan fingerprint density at radius 3 is 1.20 bits per heavy atom. The molecule has 6 nitrogen and oxygen atoms in total. The van der Waals surface area contributed by atoms with Gasteiger partial charge in [-0.1, -0.05) is 258 Å². The van der Waals surface area contributed by atoms with E-state index in [1.165, 1.54) is 205 Å². The number of unbranched alkanes of at least 4 members (excludes halogenated alkanes) is 36. The fourth-order valence-corrected chi connectivity index (χ4v) is 8.67. The van der Waals surface area contributed by atoms with Gasteiger partial charge in [0.2, 0.25) is 5.91 Å². The number of aliphatic hydroxyl groups excluding tert-OH is 2. The lowest BCUT2D eigenvalue weighted by Gasteiger charge is -2.24. The van der Waals surface area contributed by atoms with Crippen LogP contribution in [0.15, 0.2) is 12.2 Å². The number of carbonyl (C=O) groups excluding carboxylic acids is 2. The zero-order valence-corrected chi connectivity index (χ0v) is 41.3. The van der Waals surface area contributed by atoms with E-state index in [9.17, 15) is 19.8 Å². The second kappa shape index (κ2) is 49.6. The highest BCUT2D eigenvalue weighted by Crippen LogP contribution is 2.18. The first-order chi connectivity index (χ1) is 30.0. The van der Waals surface area contributed by atoms with Crippen LogP contribution in [-0.4, -0.2) is 46.9 Å². The lowest BCUT2D eigenvalue weighted by atomic mass is 10.0. The highest BCUT2D eigenvalue weighted by molar-refractivity contribution is 5.77. The number of esters is 1. The summed E-state index contributed by atoms with van der Waals surface area (Å²) >= 11 is 0. The van der Waals surface area contributed by atoms with Gasteiger partial charge in [-0.2, -0.15) is 0 Å². The van der Waals surface area contributed by atoms with Gasteiger partial charge in [0.05, 0.1) is 25.2 Å². The SMILES string of the molecule is CCCCCCCC/C=C\CCCC(CC(=O)NC(CO)C(O)CCCCCCCCCCCCCC)OC(=O)CCCCCCCCCCCCCCCCCCCCC. The third-order valence-electron chi connectivity index (χ3n) is 12.8. The Kier molecular flexibility index (Phi) is 48.5. The van der Waals surface area contributed by atoms with E-state index < -0.39 is 18.2 Å². The molecule has 362 valence electrons. The summed E-state index contributed by atoms with van der Waals surface area (Å²) in [6.45, 7) is 6.49. The molecule has 0 aromatic heterocycles. The number of hydrogen-bond donors (Lipinski definition) is 3. The number of carbonyl (C=O) groups is 2. The highest BCUT2D eigenvalue weighted by atomic mass is 16.5. The molecule has 0 aromatic rings. The zero-order chi connectivity index (χ0) is 44.5. The predicted molar refractivity (Wildman–Crippen MR) is 264 cm³/mol. The Balaban J connectivity index is 4.44. The van der Waals surface area contributed by atoms with Crippen LogP contribution in [0, 0.1) is 0 Å². The summed E-state index contributed by atoms with van der Waals surface area (Å²) in [4.78, 5) is 26.1. The first kappa shape index (κ1) is 59.6. The van der Waals surface area contributed by atoms with Crippen LogP contribution in [0.25, 0.3) is 0 Å². The van der Waals surface area contributed by atoms with Gasteiger partial charge in [0.1, 0.15) is 6.10 Å². The molecule has 3 N–H and O–H groups in total. The van der Waals surface area contributed by atoms with Gasteiger partial charge in [-0.15, -0.1) is 0 Å². The highest BCUT2D eigenvalue weighted by Gasteiger charge is 2.24. The first-order valence-electron chi connectivity index (χ1n) is 27.4. The maximum absolute atomic E-state index is 13.2. The molecule has 1 amide bonds. The second-order valence-corrected chi connectivity index (χ2v) is 19.0. The molecule has 3 unspecified atom stereocenters. The van der Waals surface area contributed by atoms with E-state index in [1.807, 2.05) is 0 Å². The smallest absolute Gasteiger partial charge is 0.306 e. The van der Waals surface area contributed by atoms with Gasteiger partial charge >= 0.3 is 5.97 Å². The predicted octanol–water partition coefficient (Wildman–Crippen LogP) is 16.5. The summed E-state index contributed by atoms with van der Waals surface area (Å²) < 4.78 is 5.93. The summed E-state index contributed by atoms with van der Waals surface area (Å²) in [7, 11) is 0. The van der Waals surface area contributed by atoms with Crippen LogP contribution in [0.3, 0.4) is 0 Å². The number of nitrogens with one attached hydrogen (secondary N) is 1. The van der Waals surface area contributed by atoms with Crippen molar-refractivity contribution in [2.24, 2.45) is 0 Å². The average molecular weight is 862 g/mol. The molecule has 0 aromatic carbocycles. The van der Waals surface area contributed by atoms with E-state index in [0.29, 0.717) is 19.3 Å². The van der Waals surface area contributed by atoms with Crippen molar-refractivity contribution in [2.45, 2.75) is 322 Å². The molecule has 0 bridgehead atoms. The van der Waals surface area contributed by atoms with Crippen LogP contribution in [0.4, 0.5) is 0 Å². The zero-order valence-electron chi connectivity index (χ0n) is 41.3. The summed E-state index contributed by atoms with van der Waals surface area (Å²) in [5, 5.41) is 23.8. The van der Waals surface area contributed by atoms with Crippen molar-refractivity contribution in [3.8, 4) is 0 Å². The van der Waals surface area contributed by atoms with Crippen molar-refractivity contribution < 1.29 is 24.5 Å². The molecule has 0 saturated carbocycles. The van der Waals surface area contributed by atoms with Crippen molar-refractivity contribution in [1.29, 1.82) is 0 Å². The van der Waals surface area contributed by atoms with Crippen molar-refractivity contribution in [3.05, 3.63) is 12.2 Å². The fourth-order valence-electron chi connectivity index (χ4n) is 8.67. The minimum Gasteiger partial charge on any atom is -0.462 e. The average Bonchev–Trinajstić information content (AvgIpc) is 3.25. The number of amides is 1. The summed E-state index contributed by atoms with van der Waals surface area (Å²) in [5.74, 6) is -0.484. The molecule has 6 heteroatoms. The number of allylic oxidation sites excluding steroid dienone is 2. The van der Waals surface area contributed by atoms with Crippen LogP contribution in [0.2, 0.25) is 0 Å². The molecule has 0 rings (SSSR count). The Morgan fingerprint density at radius 2 is 0.803 bits per heavy atom. The lowest BCUT2D eigenvalue weighted by molar-refractivity contribution is -0.151. The van der Waals surface area contributed by atoms with Crippen molar-refractivity contribution in [3.63, 3.8) is 0 Å². The summed E-state index contributed by atoms with van der Waals surface area (Å²) in [6.07, 6.45) is 55.7. The molecular weight excluding hydrogens is 755 g/mol. The third-order valence-corrected chi connectivity index (χ3v) is 12.8. The molecule has 3 atom stereocenters. The largest absolute Gasteiger partial charge is 0.462 e. The Labute approximate surface area is 380 Å². The molecule has 0 saturated heterocycles. The van der Waals surface area contributed by atoms with E-state index in [0.717, 1.165) is 51.4 Å². The molecule has 0 aliphatic carbocycles. The summed E-state index contributed by atoms with van der Waals surface area (Å²) in [5.41, 5.74) is 0. The molecule has 0 aliphatic rings. The molecule has 0 fully saturated rings. The van der Waals surface area contributed by atoms with Crippen LogP contribution in [0.5, 0.6) is 0 Å². The topological polar surface area (TPSA) is 95.9 Å². The van der Waals surface area contributed by atoms with E-state index in [4.69, 9.17) is 4.74 Å². The van der Waals surface area contributed by atoms with Crippen LogP contribution in [0.1, 0.15) is 303 Å². The Morgan fingerprint density at radius 1 is 0.459 bits per heavy atom. The first-order valence-corrected chi connectivity index (χ1v) is 27.4. The molecule has 61 heavy (non-hydrogen) atoms. The van der Waals surface area contributed by atoms with Gasteiger partial charge in [0, 0.05) is 6.42 Å². The lowest BCUT2D eigenvalue weighted by Crippen LogP contribution is -2.46. The standard InChI is InChI=1S/C55H107NO5/c1-4-7-10-13-16-19-22-24-25-26-27-28-29-30-33-36-39-42-45-48-55(60)61-51(46-43-40-37-34-31-21-18-15-12-9-6-3)49-54(59)56-52(50-57)53(58)47-44-41-38-35-32-23-20-17-14-11-8-5-2/h34,37,51-53,57-58H,4-33,35-36,38-50H2,1-3H3,(H,56,59)/b37-34-. The monoisotopic (exact) mass is 862 g/mol. The number of ether oxygens (including phenoxy) is 1. The van der Waals surface area contributed by atoms with Crippen molar-refractivity contribution >= 4 is 11.9 Å². The van der Waals surface area contributed by atoms with Crippen molar-refractivity contribution in [1.82, 2.24) is 5.32 Å². The Hall–Kier alpha value is -1.40. The fraction of sp³-hybridized carbons (Fsp3) is 0.927. The van der Waals surface area contributed by atoms with Gasteiger partial charge in [-0.05, 0) is 44.9 Å². The van der Waals surface area contributed by atoms with Crippen molar-refractivity contribution in [2.75, 3.05) is 6.61 Å². The van der Waals surface area contributed by atoms with E-state index >= 15 is 0 Å². The minimum absolute atomic E-state index is 0.0637. The molecule has 0 spiro atoms. The molecule has 0 heterocycles. The van der Waals surface area contributed by atoms with Crippen LogP contribution < -0.4 is 5.32 Å².